The summed E-state index contributed by atoms with van der Waals surface area (Å²) in [7, 11) is 4.05. The first-order valence-corrected chi connectivity index (χ1v) is 7.59. The molecule has 0 atom stereocenters. The Bertz CT molecular complexity index is 1240. The fourth-order valence-electron chi connectivity index (χ4n) is 2.79. The zero-order valence-electron chi connectivity index (χ0n) is 14.2. The fourth-order valence-corrected chi connectivity index (χ4v) is 2.79. The van der Waals surface area contributed by atoms with Gasteiger partial charge < -0.3 is 5.32 Å². The highest BCUT2D eigenvalue weighted by atomic mass is 19.1. The molecule has 0 unspecified atom stereocenters. The van der Waals surface area contributed by atoms with Crippen LogP contribution in [0.25, 0.3) is 11.0 Å². The maximum Gasteiger partial charge on any atom is 0.332 e. The summed E-state index contributed by atoms with van der Waals surface area (Å²) in [6.45, 7) is 0. The second-order valence-corrected chi connectivity index (χ2v) is 5.79. The molecule has 0 aliphatic carbocycles. The van der Waals surface area contributed by atoms with Gasteiger partial charge in [-0.05, 0) is 12.1 Å². The van der Waals surface area contributed by atoms with Crippen molar-refractivity contribution >= 4 is 22.6 Å². The predicted octanol–water partition coefficient (Wildman–Crippen LogP) is 0.327. The number of carbonyl (C=O) groups excluding carboxylic acids is 1. The fraction of sp³-hybridized carbons (Fsp3) is 0.176. The zero-order valence-corrected chi connectivity index (χ0v) is 14.2. The number of hydrogen-bond acceptors (Lipinski definition) is 4. The lowest BCUT2D eigenvalue weighted by Gasteiger charge is -2.14. The van der Waals surface area contributed by atoms with Gasteiger partial charge in [-0.2, -0.15) is 0 Å². The highest BCUT2D eigenvalue weighted by Crippen LogP contribution is 2.16. The maximum atomic E-state index is 13.8. The van der Waals surface area contributed by atoms with Crippen LogP contribution in [0.5, 0.6) is 0 Å². The molecule has 8 nitrogen and oxygen atoms in total. The van der Waals surface area contributed by atoms with E-state index in [1.165, 1.54) is 45.4 Å². The number of aryl methyl sites for hydroxylation is 2. The molecule has 0 bridgehead atoms. The van der Waals surface area contributed by atoms with Gasteiger partial charge in [0.05, 0.1) is 16.6 Å². The lowest BCUT2D eigenvalue weighted by atomic mass is 10.1. The number of para-hydroxylation sites is 1. The molecule has 1 N–H and O–H groups in total. The van der Waals surface area contributed by atoms with Crippen LogP contribution in [0.15, 0.2) is 44.7 Å². The van der Waals surface area contributed by atoms with E-state index >= 15 is 0 Å². The molecule has 3 rings (SSSR count). The van der Waals surface area contributed by atoms with Crippen molar-refractivity contribution in [2.24, 2.45) is 21.1 Å². The number of carbonyl (C=O) groups is 1. The first-order valence-electron chi connectivity index (χ1n) is 7.59. The molecule has 0 aliphatic rings. The Balaban J connectivity index is 2.34. The molecule has 2 aromatic heterocycles. The number of anilines is 1. The minimum Gasteiger partial charge on any atom is -0.319 e. The molecule has 0 radical (unpaired) electrons. The van der Waals surface area contributed by atoms with E-state index in [1.807, 2.05) is 0 Å². The minimum atomic E-state index is -0.825. The Kier molecular flexibility index (Phi) is 4.07. The van der Waals surface area contributed by atoms with Gasteiger partial charge in [-0.3, -0.25) is 28.1 Å². The largest absolute Gasteiger partial charge is 0.332 e. The Labute approximate surface area is 145 Å². The smallest absolute Gasteiger partial charge is 0.319 e. The summed E-state index contributed by atoms with van der Waals surface area (Å²) in [6.07, 6.45) is 0. The average Bonchev–Trinajstić information content (AvgIpc) is 2.61. The summed E-state index contributed by atoms with van der Waals surface area (Å²) < 4.78 is 16.8. The standard InChI is InChI=1S/C17H15FN4O4/c1-20-12(23)8-9(14(24)19-11-7-5-4-6-10(11)18)13-15(20)21(2)17(26)22(3)16(13)25/h4-8H,1-3H3,(H,19,24). The van der Waals surface area contributed by atoms with Crippen LogP contribution in [0.3, 0.4) is 0 Å². The number of rotatable bonds is 2. The Morgan fingerprint density at radius 3 is 2.31 bits per heavy atom. The molecule has 1 aromatic carbocycles. The first kappa shape index (κ1) is 17.3. The summed E-state index contributed by atoms with van der Waals surface area (Å²) >= 11 is 0. The van der Waals surface area contributed by atoms with E-state index in [0.29, 0.717) is 0 Å². The van der Waals surface area contributed by atoms with Crippen LogP contribution in [0.4, 0.5) is 10.1 Å². The monoisotopic (exact) mass is 358 g/mol. The number of nitrogens with zero attached hydrogens (tertiary/aromatic N) is 3. The third kappa shape index (κ3) is 2.53. The van der Waals surface area contributed by atoms with Crippen LogP contribution >= 0.6 is 0 Å². The average molecular weight is 358 g/mol. The molecule has 1 amide bonds. The van der Waals surface area contributed by atoms with Crippen LogP contribution in [-0.2, 0) is 21.1 Å². The van der Waals surface area contributed by atoms with Crippen molar-refractivity contribution in [3.8, 4) is 0 Å². The van der Waals surface area contributed by atoms with Crippen LogP contribution in [0.1, 0.15) is 10.4 Å². The number of amides is 1. The van der Waals surface area contributed by atoms with Crippen LogP contribution in [-0.4, -0.2) is 19.6 Å². The summed E-state index contributed by atoms with van der Waals surface area (Å²) in [6, 6.07) is 6.50. The Morgan fingerprint density at radius 2 is 1.65 bits per heavy atom. The molecule has 134 valence electrons. The second kappa shape index (κ2) is 6.10. The Morgan fingerprint density at radius 1 is 1.00 bits per heavy atom. The van der Waals surface area contributed by atoms with Gasteiger partial charge in [0.1, 0.15) is 11.5 Å². The third-order valence-corrected chi connectivity index (χ3v) is 4.19. The highest BCUT2D eigenvalue weighted by Gasteiger charge is 2.21. The number of benzene rings is 1. The van der Waals surface area contributed by atoms with Crippen molar-refractivity contribution in [2.45, 2.75) is 0 Å². The van der Waals surface area contributed by atoms with Gasteiger partial charge in [0.2, 0.25) is 0 Å². The molecule has 0 spiro atoms. The van der Waals surface area contributed by atoms with E-state index in [1.54, 1.807) is 0 Å². The quantitative estimate of drug-likeness (QED) is 0.714. The Hall–Kier alpha value is -3.49. The molecular formula is C17H15FN4O4. The van der Waals surface area contributed by atoms with E-state index < -0.39 is 28.5 Å². The zero-order chi connectivity index (χ0) is 19.2. The molecule has 0 aliphatic heterocycles. The molecule has 0 saturated heterocycles. The number of nitrogens with one attached hydrogen (secondary N) is 1. The van der Waals surface area contributed by atoms with E-state index in [-0.39, 0.29) is 22.3 Å². The molecule has 0 fully saturated rings. The second-order valence-electron chi connectivity index (χ2n) is 5.79. The van der Waals surface area contributed by atoms with Crippen molar-refractivity contribution in [1.29, 1.82) is 0 Å². The lowest BCUT2D eigenvalue weighted by Crippen LogP contribution is -2.40. The maximum absolute atomic E-state index is 13.8. The SMILES string of the molecule is Cn1c(=O)c2c(C(=O)Nc3ccccc3F)cc(=O)n(C)c2n(C)c1=O. The van der Waals surface area contributed by atoms with Crippen molar-refractivity contribution in [2.75, 3.05) is 5.32 Å². The first-order chi connectivity index (χ1) is 12.2. The number of halogens is 1. The van der Waals surface area contributed by atoms with Gasteiger partial charge in [0.15, 0.2) is 0 Å². The molecule has 3 aromatic rings. The molecular weight excluding hydrogens is 343 g/mol. The van der Waals surface area contributed by atoms with Crippen molar-refractivity contribution in [3.63, 3.8) is 0 Å². The predicted molar refractivity (Wildman–Crippen MR) is 94.0 cm³/mol. The number of hydrogen-bond donors (Lipinski definition) is 1. The van der Waals surface area contributed by atoms with Gasteiger partial charge in [0, 0.05) is 27.2 Å². The molecule has 9 heteroatoms. The van der Waals surface area contributed by atoms with Crippen molar-refractivity contribution in [1.82, 2.24) is 13.7 Å². The summed E-state index contributed by atoms with van der Waals surface area (Å²) in [5, 5.41) is 2.24. The van der Waals surface area contributed by atoms with E-state index in [4.69, 9.17) is 0 Å². The molecule has 26 heavy (non-hydrogen) atoms. The highest BCUT2D eigenvalue weighted by molar-refractivity contribution is 6.11. The van der Waals surface area contributed by atoms with Gasteiger partial charge in [-0.15, -0.1) is 0 Å². The number of pyridine rings is 1. The number of fused-ring (bicyclic) bond motifs is 1. The minimum absolute atomic E-state index is 0.00397. The molecule has 2 heterocycles. The van der Waals surface area contributed by atoms with Gasteiger partial charge in [-0.1, -0.05) is 12.1 Å². The van der Waals surface area contributed by atoms with Crippen LogP contribution in [0, 0.1) is 5.82 Å². The van der Waals surface area contributed by atoms with Gasteiger partial charge in [-0.25, -0.2) is 9.18 Å². The van der Waals surface area contributed by atoms with E-state index in [0.717, 1.165) is 19.8 Å². The molecule has 0 saturated carbocycles. The number of aromatic nitrogens is 3. The lowest BCUT2D eigenvalue weighted by molar-refractivity contribution is 0.102. The van der Waals surface area contributed by atoms with E-state index in [2.05, 4.69) is 5.32 Å². The topological polar surface area (TPSA) is 95.1 Å². The van der Waals surface area contributed by atoms with Gasteiger partial charge >= 0.3 is 5.69 Å². The summed E-state index contributed by atoms with van der Waals surface area (Å²) in [5.74, 6) is -1.48. The van der Waals surface area contributed by atoms with Crippen molar-refractivity contribution in [3.05, 3.63) is 72.9 Å². The van der Waals surface area contributed by atoms with Gasteiger partial charge in [0.25, 0.3) is 17.0 Å². The van der Waals surface area contributed by atoms with Crippen molar-refractivity contribution < 1.29 is 9.18 Å². The van der Waals surface area contributed by atoms with Crippen LogP contribution < -0.4 is 22.1 Å². The summed E-state index contributed by atoms with van der Waals surface area (Å²) in [5.41, 5.74) is -2.26. The summed E-state index contributed by atoms with van der Waals surface area (Å²) in [4.78, 5) is 49.6. The van der Waals surface area contributed by atoms with Crippen LogP contribution in [0.2, 0.25) is 0 Å². The third-order valence-electron chi connectivity index (χ3n) is 4.19. The van der Waals surface area contributed by atoms with E-state index in [9.17, 15) is 23.6 Å². The normalized spacial score (nSPS) is 10.9.